The molecule has 1 spiro atoms. The summed E-state index contributed by atoms with van der Waals surface area (Å²) < 4.78 is 1.90. The molecule has 162 valence electrons. The van der Waals surface area contributed by atoms with Gasteiger partial charge in [-0.25, -0.2) is 0 Å². The maximum absolute atomic E-state index is 12.9. The van der Waals surface area contributed by atoms with Gasteiger partial charge >= 0.3 is 0 Å². The maximum Gasteiger partial charge on any atom is 0.285 e. The zero-order valence-electron chi connectivity index (χ0n) is 17.5. The monoisotopic (exact) mass is 429 g/mol. The average molecular weight is 429 g/mol. The van der Waals surface area contributed by atoms with E-state index in [0.717, 1.165) is 12.8 Å². The number of carbonyl (C=O) groups excluding carboxylic acids is 2. The summed E-state index contributed by atoms with van der Waals surface area (Å²) in [6.45, 7) is 2.05. The van der Waals surface area contributed by atoms with E-state index in [-0.39, 0.29) is 23.4 Å². The van der Waals surface area contributed by atoms with Crippen LogP contribution in [0.25, 0.3) is 0 Å². The SMILES string of the molecule is O=C(NCc1ccccn1)c1cn2c(nc1=O)C1(CCN(C(=O)c3ccccc3)C1)CC2. The average Bonchev–Trinajstić information content (AvgIpc) is 3.42. The number of aryl methyl sites for hydroxylation is 1. The van der Waals surface area contributed by atoms with Gasteiger partial charge < -0.3 is 14.8 Å². The van der Waals surface area contributed by atoms with Crippen LogP contribution >= 0.6 is 0 Å². The molecule has 4 heterocycles. The first-order valence-corrected chi connectivity index (χ1v) is 10.7. The van der Waals surface area contributed by atoms with Gasteiger partial charge in [-0.05, 0) is 37.1 Å². The second-order valence-electron chi connectivity index (χ2n) is 8.35. The van der Waals surface area contributed by atoms with Crippen molar-refractivity contribution in [2.24, 2.45) is 0 Å². The van der Waals surface area contributed by atoms with Gasteiger partial charge in [-0.1, -0.05) is 24.3 Å². The van der Waals surface area contributed by atoms with Crippen molar-refractivity contribution in [1.82, 2.24) is 24.8 Å². The first-order chi connectivity index (χ1) is 15.6. The Hall–Kier alpha value is -3.81. The summed E-state index contributed by atoms with van der Waals surface area (Å²) in [5.74, 6) is 0.206. The maximum atomic E-state index is 12.9. The topological polar surface area (TPSA) is 97.2 Å². The third-order valence-corrected chi connectivity index (χ3v) is 6.36. The molecule has 5 rings (SSSR count). The van der Waals surface area contributed by atoms with Gasteiger partial charge in [0.1, 0.15) is 11.4 Å². The zero-order chi connectivity index (χ0) is 22.1. The van der Waals surface area contributed by atoms with E-state index in [4.69, 9.17) is 0 Å². The van der Waals surface area contributed by atoms with Crippen LogP contribution in [0, 0.1) is 0 Å². The molecule has 8 heteroatoms. The minimum Gasteiger partial charge on any atom is -0.346 e. The molecule has 0 saturated carbocycles. The van der Waals surface area contributed by atoms with Crippen LogP contribution in [-0.4, -0.2) is 44.3 Å². The number of hydrogen-bond acceptors (Lipinski definition) is 5. The first-order valence-electron chi connectivity index (χ1n) is 10.7. The Labute approximate surface area is 184 Å². The first kappa shape index (κ1) is 20.1. The molecule has 2 aliphatic rings. The number of carbonyl (C=O) groups is 2. The Morgan fingerprint density at radius 2 is 1.81 bits per heavy atom. The van der Waals surface area contributed by atoms with Crippen molar-refractivity contribution >= 4 is 11.8 Å². The fourth-order valence-electron chi connectivity index (χ4n) is 4.65. The van der Waals surface area contributed by atoms with Crippen LogP contribution in [0.5, 0.6) is 0 Å². The highest BCUT2D eigenvalue weighted by molar-refractivity contribution is 5.94. The lowest BCUT2D eigenvalue weighted by Gasteiger charge is -2.23. The predicted octanol–water partition coefficient (Wildman–Crippen LogP) is 1.76. The van der Waals surface area contributed by atoms with Gasteiger partial charge in [-0.15, -0.1) is 0 Å². The summed E-state index contributed by atoms with van der Waals surface area (Å²) >= 11 is 0. The standard InChI is InChI=1S/C24H23N5O3/c30-20(26-14-18-8-4-5-11-25-18)19-15-28-12-9-24(23(28)27-21(19)31)10-13-29(16-24)22(32)17-6-2-1-3-7-17/h1-8,11,15H,9-10,12-14,16H2,(H,26,30). The molecule has 1 fully saturated rings. The molecular formula is C24H23N5O3. The van der Waals surface area contributed by atoms with E-state index in [0.29, 0.717) is 36.7 Å². The van der Waals surface area contributed by atoms with Crippen LogP contribution in [0.3, 0.4) is 0 Å². The molecule has 1 saturated heterocycles. The minimum atomic E-state index is -0.538. The van der Waals surface area contributed by atoms with Gasteiger partial charge in [0.25, 0.3) is 17.4 Å². The lowest BCUT2D eigenvalue weighted by atomic mass is 9.85. The fourth-order valence-corrected chi connectivity index (χ4v) is 4.65. The summed E-state index contributed by atoms with van der Waals surface area (Å²) in [5, 5.41) is 2.74. The Balaban J connectivity index is 1.34. The molecule has 2 aliphatic heterocycles. The molecule has 0 aliphatic carbocycles. The zero-order valence-corrected chi connectivity index (χ0v) is 17.5. The van der Waals surface area contributed by atoms with Gasteiger partial charge in [0.05, 0.1) is 12.2 Å². The number of amides is 2. The van der Waals surface area contributed by atoms with E-state index in [9.17, 15) is 14.4 Å². The van der Waals surface area contributed by atoms with Crippen molar-refractivity contribution in [3.05, 3.63) is 93.9 Å². The van der Waals surface area contributed by atoms with E-state index < -0.39 is 11.5 Å². The summed E-state index contributed by atoms with van der Waals surface area (Å²) in [6.07, 6.45) is 4.80. The Morgan fingerprint density at radius 1 is 1.03 bits per heavy atom. The highest BCUT2D eigenvalue weighted by Gasteiger charge is 2.47. The number of rotatable bonds is 4. The molecule has 8 nitrogen and oxygen atoms in total. The number of likely N-dealkylation sites (tertiary alicyclic amines) is 1. The number of hydrogen-bond donors (Lipinski definition) is 1. The predicted molar refractivity (Wildman–Crippen MR) is 117 cm³/mol. The van der Waals surface area contributed by atoms with E-state index in [1.807, 2.05) is 45.9 Å². The van der Waals surface area contributed by atoms with E-state index in [1.54, 1.807) is 24.5 Å². The molecule has 1 atom stereocenters. The number of fused-ring (bicyclic) bond motifs is 2. The van der Waals surface area contributed by atoms with Crippen molar-refractivity contribution in [2.45, 2.75) is 31.3 Å². The molecule has 0 radical (unpaired) electrons. The normalized spacial score (nSPS) is 19.2. The van der Waals surface area contributed by atoms with Crippen LogP contribution in [-0.2, 0) is 18.5 Å². The third-order valence-electron chi connectivity index (χ3n) is 6.36. The summed E-state index contributed by atoms with van der Waals surface area (Å²) in [7, 11) is 0. The lowest BCUT2D eigenvalue weighted by molar-refractivity contribution is 0.0783. The van der Waals surface area contributed by atoms with Gasteiger partial charge in [0.15, 0.2) is 0 Å². The fraction of sp³-hybridized carbons (Fsp3) is 0.292. The van der Waals surface area contributed by atoms with E-state index in [1.165, 1.54) is 0 Å². The Bertz CT molecular complexity index is 1230. The highest BCUT2D eigenvalue weighted by Crippen LogP contribution is 2.41. The van der Waals surface area contributed by atoms with Crippen LogP contribution < -0.4 is 10.9 Å². The number of benzene rings is 1. The van der Waals surface area contributed by atoms with E-state index >= 15 is 0 Å². The lowest BCUT2D eigenvalue weighted by Crippen LogP contribution is -2.36. The molecule has 1 unspecified atom stereocenters. The second kappa shape index (κ2) is 8.03. The number of nitrogens with zero attached hydrogens (tertiary/aromatic N) is 4. The van der Waals surface area contributed by atoms with Gasteiger partial charge in [-0.2, -0.15) is 4.98 Å². The van der Waals surface area contributed by atoms with Crippen molar-refractivity contribution in [3.8, 4) is 0 Å². The molecule has 32 heavy (non-hydrogen) atoms. The van der Waals surface area contributed by atoms with Crippen molar-refractivity contribution < 1.29 is 9.59 Å². The Morgan fingerprint density at radius 3 is 2.59 bits per heavy atom. The number of nitrogens with one attached hydrogen (secondary N) is 1. The molecule has 3 aromatic rings. The van der Waals surface area contributed by atoms with Crippen molar-refractivity contribution in [1.29, 1.82) is 0 Å². The highest BCUT2D eigenvalue weighted by atomic mass is 16.2. The minimum absolute atomic E-state index is 0.00575. The van der Waals surface area contributed by atoms with Crippen LogP contribution in [0.2, 0.25) is 0 Å². The summed E-state index contributed by atoms with van der Waals surface area (Å²) in [6, 6.07) is 14.7. The molecule has 2 amide bonds. The molecule has 1 aromatic carbocycles. The third kappa shape index (κ3) is 3.57. The molecule has 2 aromatic heterocycles. The smallest absolute Gasteiger partial charge is 0.285 e. The van der Waals surface area contributed by atoms with Crippen LogP contribution in [0.15, 0.2) is 65.7 Å². The van der Waals surface area contributed by atoms with Gasteiger partial charge in [0.2, 0.25) is 0 Å². The Kier molecular flexibility index (Phi) is 5.05. The quantitative estimate of drug-likeness (QED) is 0.682. The summed E-state index contributed by atoms with van der Waals surface area (Å²) in [4.78, 5) is 48.5. The van der Waals surface area contributed by atoms with Crippen molar-refractivity contribution in [2.75, 3.05) is 13.1 Å². The number of pyridine rings is 1. The van der Waals surface area contributed by atoms with Crippen LogP contribution in [0.1, 0.15) is 45.1 Å². The van der Waals surface area contributed by atoms with E-state index in [2.05, 4.69) is 15.3 Å². The largest absolute Gasteiger partial charge is 0.346 e. The second-order valence-corrected chi connectivity index (χ2v) is 8.35. The van der Waals surface area contributed by atoms with Gasteiger partial charge in [-0.3, -0.25) is 19.4 Å². The summed E-state index contributed by atoms with van der Waals surface area (Å²) in [5.41, 5.74) is 0.517. The van der Waals surface area contributed by atoms with Crippen molar-refractivity contribution in [3.63, 3.8) is 0 Å². The molecular weight excluding hydrogens is 406 g/mol. The van der Waals surface area contributed by atoms with Crippen LogP contribution in [0.4, 0.5) is 0 Å². The molecule has 1 N–H and O–H groups in total. The molecule has 0 bridgehead atoms. The van der Waals surface area contributed by atoms with Gasteiger partial charge in [0, 0.05) is 43.0 Å². The number of aromatic nitrogens is 3.